The summed E-state index contributed by atoms with van der Waals surface area (Å²) in [6, 6.07) is 1.82. The predicted molar refractivity (Wildman–Crippen MR) is 89.9 cm³/mol. The standard InChI is InChI=1S/C18H34N4.2HI/c1-15-2-8-21(9-3-15)17-4-6-20(7-5-17)12-16-13-22(14-16)18-10-19-11-18;;/h15-19H,2-14H2,1H3;2*1H/p-1. The Kier molecular flexibility index (Phi) is 9.01. The first-order valence-corrected chi connectivity index (χ1v) is 9.80. The Morgan fingerprint density at radius 2 is 1.42 bits per heavy atom. The van der Waals surface area contributed by atoms with E-state index in [4.69, 9.17) is 0 Å². The third-order valence-corrected chi connectivity index (χ3v) is 6.79. The van der Waals surface area contributed by atoms with Gasteiger partial charge in [-0.3, -0.25) is 4.90 Å². The van der Waals surface area contributed by atoms with E-state index in [-0.39, 0.29) is 48.0 Å². The topological polar surface area (TPSA) is 26.3 Å². The Bertz CT molecular complexity index is 358. The van der Waals surface area contributed by atoms with Crippen LogP contribution in [0.1, 0.15) is 32.6 Å². The molecule has 4 rings (SSSR count). The van der Waals surface area contributed by atoms with E-state index in [9.17, 15) is 0 Å². The maximum absolute atomic E-state index is 2.80. The second kappa shape index (κ2) is 10.0. The summed E-state index contributed by atoms with van der Waals surface area (Å²) in [5.74, 6) is 1.93. The van der Waals surface area contributed by atoms with E-state index in [0.29, 0.717) is 0 Å². The van der Waals surface area contributed by atoms with E-state index in [1.165, 1.54) is 84.6 Å². The fourth-order valence-corrected chi connectivity index (χ4v) is 4.86. The Balaban J connectivity index is 0.00000104. The predicted octanol–water partition coefficient (Wildman–Crippen LogP) is -5.93. The number of hydrogen-bond donors (Lipinski definition) is 1. The molecule has 4 aliphatic rings. The van der Waals surface area contributed by atoms with E-state index >= 15 is 0 Å². The SMILES string of the molecule is CC1CCN(C2CCN(CC3CN(C4C[NH2+]C4)C3)CC2)CC1.[I-].[I-]. The van der Waals surface area contributed by atoms with Crippen LogP contribution >= 0.6 is 0 Å². The highest BCUT2D eigenvalue weighted by Gasteiger charge is 2.38. The molecule has 0 aliphatic carbocycles. The first-order valence-electron chi connectivity index (χ1n) is 9.80. The molecule has 0 saturated carbocycles. The van der Waals surface area contributed by atoms with E-state index < -0.39 is 0 Å². The van der Waals surface area contributed by atoms with Gasteiger partial charge in [-0.15, -0.1) is 0 Å². The highest BCUT2D eigenvalue weighted by Crippen LogP contribution is 2.25. The van der Waals surface area contributed by atoms with Crippen LogP contribution in [0.3, 0.4) is 0 Å². The summed E-state index contributed by atoms with van der Waals surface area (Å²) >= 11 is 0. The molecule has 0 aromatic heterocycles. The van der Waals surface area contributed by atoms with Crippen molar-refractivity contribution in [3.8, 4) is 0 Å². The van der Waals surface area contributed by atoms with Gasteiger partial charge in [-0.1, -0.05) is 6.92 Å². The maximum Gasteiger partial charge on any atom is 0.109 e. The van der Waals surface area contributed by atoms with Crippen LogP contribution in [0.15, 0.2) is 0 Å². The molecular formula is C18H35I2N4-. The summed E-state index contributed by atoms with van der Waals surface area (Å²) < 4.78 is 0. The van der Waals surface area contributed by atoms with Gasteiger partial charge in [-0.25, -0.2) is 0 Å². The quantitative estimate of drug-likeness (QED) is 0.347. The van der Waals surface area contributed by atoms with Crippen molar-refractivity contribution in [1.82, 2.24) is 14.7 Å². The normalized spacial score (nSPS) is 29.4. The number of halogens is 2. The van der Waals surface area contributed by atoms with Crippen LogP contribution in [-0.4, -0.2) is 85.7 Å². The highest BCUT2D eigenvalue weighted by atomic mass is 127. The Hall–Kier alpha value is 1.30. The zero-order valence-electron chi connectivity index (χ0n) is 15.2. The lowest BCUT2D eigenvalue weighted by molar-refractivity contribution is -0.718. The van der Waals surface area contributed by atoms with Crippen molar-refractivity contribution >= 4 is 0 Å². The van der Waals surface area contributed by atoms with E-state index in [1.54, 1.807) is 0 Å². The fraction of sp³-hybridized carbons (Fsp3) is 1.00. The third-order valence-electron chi connectivity index (χ3n) is 6.79. The van der Waals surface area contributed by atoms with Crippen LogP contribution in [0.2, 0.25) is 0 Å². The first-order chi connectivity index (χ1) is 10.8. The van der Waals surface area contributed by atoms with Gasteiger partial charge in [-0.2, -0.15) is 0 Å². The number of rotatable bonds is 4. The summed E-state index contributed by atoms with van der Waals surface area (Å²) in [6.45, 7) is 14.7. The van der Waals surface area contributed by atoms with Gasteiger partial charge in [0.25, 0.3) is 0 Å². The molecule has 0 spiro atoms. The molecule has 0 unspecified atom stereocenters. The lowest BCUT2D eigenvalue weighted by Gasteiger charge is -2.48. The minimum absolute atomic E-state index is 0. The minimum Gasteiger partial charge on any atom is -1.00 e. The van der Waals surface area contributed by atoms with Crippen molar-refractivity contribution < 1.29 is 53.3 Å². The summed E-state index contributed by atoms with van der Waals surface area (Å²) in [4.78, 5) is 8.28. The lowest BCUT2D eigenvalue weighted by Crippen LogP contribution is -3.00. The van der Waals surface area contributed by atoms with Crippen LogP contribution in [-0.2, 0) is 0 Å². The van der Waals surface area contributed by atoms with Crippen LogP contribution in [0.4, 0.5) is 0 Å². The average Bonchev–Trinajstić information content (AvgIpc) is 2.45. The van der Waals surface area contributed by atoms with Crippen molar-refractivity contribution in [2.45, 2.75) is 44.7 Å². The molecule has 24 heavy (non-hydrogen) atoms. The number of quaternary nitrogens is 1. The Morgan fingerprint density at radius 3 is 1.96 bits per heavy atom. The van der Waals surface area contributed by atoms with Gasteiger partial charge < -0.3 is 63.1 Å². The van der Waals surface area contributed by atoms with E-state index in [2.05, 4.69) is 26.9 Å². The Labute approximate surface area is 182 Å². The van der Waals surface area contributed by atoms with Gasteiger partial charge in [0.15, 0.2) is 0 Å². The molecule has 0 aromatic carbocycles. The molecule has 0 amide bonds. The van der Waals surface area contributed by atoms with Crippen molar-refractivity contribution in [3.05, 3.63) is 0 Å². The molecule has 142 valence electrons. The first kappa shape index (κ1) is 21.6. The fourth-order valence-electron chi connectivity index (χ4n) is 4.86. The molecule has 4 heterocycles. The minimum atomic E-state index is 0. The molecule has 4 aliphatic heterocycles. The van der Waals surface area contributed by atoms with Gasteiger partial charge in [0.05, 0.1) is 13.1 Å². The van der Waals surface area contributed by atoms with Crippen LogP contribution in [0.5, 0.6) is 0 Å². The zero-order chi connectivity index (χ0) is 14.9. The molecule has 2 N–H and O–H groups in total. The van der Waals surface area contributed by atoms with Crippen molar-refractivity contribution in [1.29, 1.82) is 0 Å². The summed E-state index contributed by atoms with van der Waals surface area (Å²) in [5.41, 5.74) is 0. The molecule has 4 saturated heterocycles. The van der Waals surface area contributed by atoms with E-state index in [0.717, 1.165) is 23.9 Å². The number of nitrogens with zero attached hydrogens (tertiary/aromatic N) is 3. The van der Waals surface area contributed by atoms with Crippen LogP contribution < -0.4 is 53.3 Å². The molecule has 4 fully saturated rings. The summed E-state index contributed by atoms with van der Waals surface area (Å²) in [7, 11) is 0. The van der Waals surface area contributed by atoms with Crippen LogP contribution in [0.25, 0.3) is 0 Å². The average molecular weight is 561 g/mol. The number of hydrogen-bond acceptors (Lipinski definition) is 3. The highest BCUT2D eigenvalue weighted by molar-refractivity contribution is 4.90. The van der Waals surface area contributed by atoms with Gasteiger partial charge in [0.1, 0.15) is 6.04 Å². The van der Waals surface area contributed by atoms with Gasteiger partial charge in [0, 0.05) is 25.7 Å². The second-order valence-corrected chi connectivity index (χ2v) is 8.48. The number of piperidine rings is 2. The number of nitrogens with two attached hydrogens (primary N) is 1. The third kappa shape index (κ3) is 5.18. The summed E-state index contributed by atoms with van der Waals surface area (Å²) in [6.07, 6.45) is 5.69. The zero-order valence-corrected chi connectivity index (χ0v) is 19.5. The second-order valence-electron chi connectivity index (χ2n) is 8.48. The molecular weight excluding hydrogens is 526 g/mol. The van der Waals surface area contributed by atoms with Crippen LogP contribution in [0, 0.1) is 11.8 Å². The van der Waals surface area contributed by atoms with Gasteiger partial charge in [-0.05, 0) is 63.7 Å². The molecule has 0 aromatic rings. The summed E-state index contributed by atoms with van der Waals surface area (Å²) in [5, 5.41) is 2.43. The maximum atomic E-state index is 2.80. The van der Waals surface area contributed by atoms with Crippen molar-refractivity contribution in [2.24, 2.45) is 11.8 Å². The van der Waals surface area contributed by atoms with E-state index in [1.807, 2.05) is 0 Å². The van der Waals surface area contributed by atoms with Gasteiger partial charge >= 0.3 is 0 Å². The molecule has 0 radical (unpaired) electrons. The Morgan fingerprint density at radius 1 is 0.792 bits per heavy atom. The lowest BCUT2D eigenvalue weighted by atomic mass is 9.92. The smallest absolute Gasteiger partial charge is 0.109 e. The molecule has 4 nitrogen and oxygen atoms in total. The molecule has 0 atom stereocenters. The van der Waals surface area contributed by atoms with Crippen molar-refractivity contribution in [2.75, 3.05) is 58.9 Å². The largest absolute Gasteiger partial charge is 1.00 e. The monoisotopic (exact) mass is 561 g/mol. The van der Waals surface area contributed by atoms with Gasteiger partial charge in [0.2, 0.25) is 0 Å². The molecule has 0 bridgehead atoms. The number of likely N-dealkylation sites (tertiary alicyclic amines) is 3. The molecule has 6 heteroatoms. The van der Waals surface area contributed by atoms with Crippen molar-refractivity contribution in [3.63, 3.8) is 0 Å².